The normalized spacial score (nSPS) is 12.5. The van der Waals surface area contributed by atoms with Gasteiger partial charge < -0.3 is 10.2 Å². The lowest BCUT2D eigenvalue weighted by Crippen LogP contribution is -2.30. The van der Waals surface area contributed by atoms with E-state index < -0.39 is 0 Å². The fraction of sp³-hybridized carbons (Fsp3) is 0.250. The zero-order valence-electron chi connectivity index (χ0n) is 15.0. The predicted octanol–water partition coefficient (Wildman–Crippen LogP) is 2.21. The van der Waals surface area contributed by atoms with Gasteiger partial charge in [-0.3, -0.25) is 9.59 Å². The highest BCUT2D eigenvalue weighted by atomic mass is 16.1. The summed E-state index contributed by atoms with van der Waals surface area (Å²) in [4.78, 5) is 28.1. The molecular weight excluding hydrogens is 328 g/mol. The van der Waals surface area contributed by atoms with Crippen molar-refractivity contribution in [3.8, 4) is 11.3 Å². The van der Waals surface area contributed by atoms with Crippen molar-refractivity contribution in [3.63, 3.8) is 0 Å². The molecule has 0 unspecified atom stereocenters. The number of benzene rings is 2. The van der Waals surface area contributed by atoms with E-state index in [1.165, 1.54) is 4.68 Å². The lowest BCUT2D eigenvalue weighted by molar-refractivity contribution is 0.104. The minimum absolute atomic E-state index is 0.0738. The predicted molar refractivity (Wildman–Crippen MR) is 103 cm³/mol. The standard InChI is InChI=1S/C20H20N4O2/c1-21-15-9-8-14-16-17(15)19(25)13-7-5-4-6-12(13)18(16)22-24(20(14)26)11-10-23(2)3/h4-9,21H,10-11H2,1-3H3. The summed E-state index contributed by atoms with van der Waals surface area (Å²) in [5.41, 5.74) is 3.17. The fourth-order valence-corrected chi connectivity index (χ4v) is 3.48. The highest BCUT2D eigenvalue weighted by Crippen LogP contribution is 2.39. The number of fused-ring (bicyclic) bond motifs is 2. The van der Waals surface area contributed by atoms with Crippen LogP contribution in [0.2, 0.25) is 0 Å². The van der Waals surface area contributed by atoms with Gasteiger partial charge in [0.2, 0.25) is 0 Å². The molecule has 0 fully saturated rings. The number of nitrogens with one attached hydrogen (secondary N) is 1. The number of anilines is 1. The summed E-state index contributed by atoms with van der Waals surface area (Å²) in [5, 5.41) is 8.90. The zero-order chi connectivity index (χ0) is 18.4. The third kappa shape index (κ3) is 2.34. The lowest BCUT2D eigenvalue weighted by Gasteiger charge is -2.22. The molecule has 26 heavy (non-hydrogen) atoms. The molecule has 1 heterocycles. The first-order valence-corrected chi connectivity index (χ1v) is 8.57. The minimum Gasteiger partial charge on any atom is -0.388 e. The number of carbonyl (C=O) groups excluding carboxylic acids is 1. The monoisotopic (exact) mass is 348 g/mol. The number of ketones is 1. The molecule has 2 aromatic carbocycles. The molecule has 4 rings (SSSR count). The van der Waals surface area contributed by atoms with Crippen molar-refractivity contribution in [1.29, 1.82) is 0 Å². The molecule has 1 aliphatic rings. The molecular formula is C20H20N4O2. The number of rotatable bonds is 4. The molecule has 0 amide bonds. The molecule has 132 valence electrons. The van der Waals surface area contributed by atoms with E-state index in [0.717, 1.165) is 5.56 Å². The Kier molecular flexibility index (Phi) is 3.85. The number of hydrogen-bond acceptors (Lipinski definition) is 5. The lowest BCUT2D eigenvalue weighted by atomic mass is 9.85. The van der Waals surface area contributed by atoms with E-state index in [0.29, 0.717) is 46.4 Å². The molecule has 1 aromatic heterocycles. The number of carbonyl (C=O) groups is 1. The summed E-state index contributed by atoms with van der Waals surface area (Å²) >= 11 is 0. The molecule has 6 heteroatoms. The van der Waals surface area contributed by atoms with E-state index in [1.807, 2.05) is 43.3 Å². The molecule has 0 spiro atoms. The van der Waals surface area contributed by atoms with Gasteiger partial charge in [-0.1, -0.05) is 24.3 Å². The van der Waals surface area contributed by atoms with Crippen LogP contribution in [-0.4, -0.2) is 48.2 Å². The molecule has 0 saturated heterocycles. The molecule has 6 nitrogen and oxygen atoms in total. The Balaban J connectivity index is 2.10. The first-order chi connectivity index (χ1) is 12.5. The fourth-order valence-electron chi connectivity index (χ4n) is 3.48. The molecule has 0 aliphatic heterocycles. The molecule has 0 atom stereocenters. The summed E-state index contributed by atoms with van der Waals surface area (Å²) in [6.07, 6.45) is 0. The van der Waals surface area contributed by atoms with Crippen LogP contribution in [0.5, 0.6) is 0 Å². The van der Waals surface area contributed by atoms with E-state index >= 15 is 0 Å². The van der Waals surface area contributed by atoms with Crippen molar-refractivity contribution >= 4 is 22.2 Å². The Morgan fingerprint density at radius 3 is 2.50 bits per heavy atom. The van der Waals surface area contributed by atoms with Gasteiger partial charge in [0.1, 0.15) is 5.69 Å². The van der Waals surface area contributed by atoms with Gasteiger partial charge in [-0.15, -0.1) is 0 Å². The highest BCUT2D eigenvalue weighted by molar-refractivity contribution is 6.27. The molecule has 3 aromatic rings. The average molecular weight is 348 g/mol. The average Bonchev–Trinajstić information content (AvgIpc) is 2.65. The van der Waals surface area contributed by atoms with E-state index in [-0.39, 0.29) is 11.3 Å². The van der Waals surface area contributed by atoms with E-state index in [9.17, 15) is 9.59 Å². The van der Waals surface area contributed by atoms with Crippen LogP contribution in [0.3, 0.4) is 0 Å². The summed E-state index contributed by atoms with van der Waals surface area (Å²) in [6, 6.07) is 11.0. The summed E-state index contributed by atoms with van der Waals surface area (Å²) in [6.45, 7) is 1.20. The Morgan fingerprint density at radius 2 is 1.81 bits per heavy atom. The van der Waals surface area contributed by atoms with Crippen LogP contribution in [0.1, 0.15) is 15.9 Å². The quantitative estimate of drug-likeness (QED) is 0.612. The van der Waals surface area contributed by atoms with Crippen LogP contribution in [0, 0.1) is 0 Å². The zero-order valence-corrected chi connectivity index (χ0v) is 15.0. The topological polar surface area (TPSA) is 67.2 Å². The van der Waals surface area contributed by atoms with Gasteiger partial charge in [0, 0.05) is 35.8 Å². The minimum atomic E-state index is -0.165. The smallest absolute Gasteiger partial charge is 0.274 e. The second kappa shape index (κ2) is 6.07. The second-order valence-corrected chi connectivity index (χ2v) is 6.72. The number of aromatic nitrogens is 2. The van der Waals surface area contributed by atoms with Crippen LogP contribution >= 0.6 is 0 Å². The molecule has 1 N–H and O–H groups in total. The number of hydrogen-bond donors (Lipinski definition) is 1. The van der Waals surface area contributed by atoms with Gasteiger partial charge in [0.05, 0.1) is 17.5 Å². The van der Waals surface area contributed by atoms with Gasteiger partial charge in [0.25, 0.3) is 5.56 Å². The van der Waals surface area contributed by atoms with Crippen molar-refractivity contribution in [3.05, 3.63) is 57.9 Å². The molecule has 0 saturated carbocycles. The molecule has 0 bridgehead atoms. The first-order valence-electron chi connectivity index (χ1n) is 8.57. The summed E-state index contributed by atoms with van der Waals surface area (Å²) in [5.74, 6) is -0.0738. The van der Waals surface area contributed by atoms with Crippen LogP contribution < -0.4 is 10.9 Å². The van der Waals surface area contributed by atoms with E-state index in [2.05, 4.69) is 10.4 Å². The summed E-state index contributed by atoms with van der Waals surface area (Å²) < 4.78 is 1.51. The Labute approximate surface area is 151 Å². The van der Waals surface area contributed by atoms with Crippen molar-refractivity contribution < 1.29 is 4.79 Å². The SMILES string of the molecule is CNc1ccc2c(=O)n(CCN(C)C)nc3c2c1C(=O)c1ccccc1-3. The number of likely N-dealkylation sites (N-methyl/N-ethyl adjacent to an activating group) is 1. The van der Waals surface area contributed by atoms with Crippen LogP contribution in [0.4, 0.5) is 5.69 Å². The third-order valence-electron chi connectivity index (χ3n) is 4.81. The second-order valence-electron chi connectivity index (χ2n) is 6.72. The largest absolute Gasteiger partial charge is 0.388 e. The Hall–Kier alpha value is -2.99. The van der Waals surface area contributed by atoms with Crippen molar-refractivity contribution in [1.82, 2.24) is 14.7 Å². The Bertz CT molecular complexity index is 1100. The Morgan fingerprint density at radius 1 is 1.08 bits per heavy atom. The summed E-state index contributed by atoms with van der Waals surface area (Å²) in [7, 11) is 5.69. The van der Waals surface area contributed by atoms with Gasteiger partial charge in [-0.25, -0.2) is 4.68 Å². The van der Waals surface area contributed by atoms with Gasteiger partial charge in [-0.05, 0) is 26.2 Å². The maximum atomic E-state index is 13.1. The van der Waals surface area contributed by atoms with Crippen molar-refractivity contribution in [2.45, 2.75) is 6.54 Å². The van der Waals surface area contributed by atoms with Crippen molar-refractivity contribution in [2.24, 2.45) is 0 Å². The van der Waals surface area contributed by atoms with Gasteiger partial charge in [-0.2, -0.15) is 5.10 Å². The molecule has 1 aliphatic carbocycles. The third-order valence-corrected chi connectivity index (χ3v) is 4.81. The highest BCUT2D eigenvalue weighted by Gasteiger charge is 2.30. The van der Waals surface area contributed by atoms with Gasteiger partial charge >= 0.3 is 0 Å². The van der Waals surface area contributed by atoms with Crippen LogP contribution in [0.25, 0.3) is 22.0 Å². The van der Waals surface area contributed by atoms with Crippen LogP contribution in [-0.2, 0) is 6.54 Å². The maximum Gasteiger partial charge on any atom is 0.274 e. The maximum absolute atomic E-state index is 13.1. The first kappa shape index (κ1) is 16.5. The van der Waals surface area contributed by atoms with Crippen LogP contribution in [0.15, 0.2) is 41.2 Å². The van der Waals surface area contributed by atoms with Crippen molar-refractivity contribution in [2.75, 3.05) is 33.0 Å². The number of nitrogens with zero attached hydrogens (tertiary/aromatic N) is 3. The van der Waals surface area contributed by atoms with Gasteiger partial charge in [0.15, 0.2) is 5.78 Å². The molecule has 0 radical (unpaired) electrons. The van der Waals surface area contributed by atoms with E-state index in [4.69, 9.17) is 0 Å². The van der Waals surface area contributed by atoms with E-state index in [1.54, 1.807) is 19.2 Å².